The lowest BCUT2D eigenvalue weighted by atomic mass is 9.97. The monoisotopic (exact) mass is 248 g/mol. The molecule has 0 spiro atoms. The molecule has 0 aromatic heterocycles. The maximum Gasteiger partial charge on any atom is 0.335 e. The van der Waals surface area contributed by atoms with E-state index < -0.39 is 17.6 Å². The van der Waals surface area contributed by atoms with Gasteiger partial charge in [-0.15, -0.1) is 0 Å². The summed E-state index contributed by atoms with van der Waals surface area (Å²) in [4.78, 5) is 10.9. The molecule has 0 aliphatic carbocycles. The van der Waals surface area contributed by atoms with Crippen LogP contribution in [0.1, 0.15) is 15.9 Å². The minimum Gasteiger partial charge on any atom is -0.478 e. The third-order valence-electron chi connectivity index (χ3n) is 2.71. The topological polar surface area (TPSA) is 37.3 Å². The SMILES string of the molecule is Cc1ccc(C(=O)O)cc1-c1ccc(F)cc1F. The van der Waals surface area contributed by atoms with Crippen LogP contribution in [0, 0.1) is 18.6 Å². The molecule has 0 radical (unpaired) electrons. The molecule has 0 unspecified atom stereocenters. The highest BCUT2D eigenvalue weighted by Gasteiger charge is 2.11. The van der Waals surface area contributed by atoms with Crippen molar-refractivity contribution < 1.29 is 18.7 Å². The summed E-state index contributed by atoms with van der Waals surface area (Å²) in [5, 5.41) is 8.91. The summed E-state index contributed by atoms with van der Waals surface area (Å²) >= 11 is 0. The van der Waals surface area contributed by atoms with Gasteiger partial charge in [0.25, 0.3) is 0 Å². The number of carbonyl (C=O) groups is 1. The third-order valence-corrected chi connectivity index (χ3v) is 2.71. The van der Waals surface area contributed by atoms with Gasteiger partial charge in [0.05, 0.1) is 5.56 Å². The summed E-state index contributed by atoms with van der Waals surface area (Å²) in [6.07, 6.45) is 0. The fourth-order valence-corrected chi connectivity index (χ4v) is 1.75. The molecule has 0 aliphatic rings. The van der Waals surface area contributed by atoms with Gasteiger partial charge in [0.15, 0.2) is 0 Å². The summed E-state index contributed by atoms with van der Waals surface area (Å²) in [6.45, 7) is 1.74. The van der Waals surface area contributed by atoms with Gasteiger partial charge in [-0.2, -0.15) is 0 Å². The van der Waals surface area contributed by atoms with Gasteiger partial charge in [0.2, 0.25) is 0 Å². The van der Waals surface area contributed by atoms with E-state index in [1.807, 2.05) is 0 Å². The average molecular weight is 248 g/mol. The number of hydrogen-bond donors (Lipinski definition) is 1. The molecule has 92 valence electrons. The molecule has 0 saturated carbocycles. The Kier molecular flexibility index (Phi) is 3.10. The summed E-state index contributed by atoms with van der Waals surface area (Å²) in [5.74, 6) is -2.46. The Hall–Kier alpha value is -2.23. The highest BCUT2D eigenvalue weighted by atomic mass is 19.1. The average Bonchev–Trinajstić information content (AvgIpc) is 2.30. The lowest BCUT2D eigenvalue weighted by molar-refractivity contribution is 0.0697. The molecule has 2 rings (SSSR count). The van der Waals surface area contributed by atoms with Crippen molar-refractivity contribution in [3.05, 3.63) is 59.2 Å². The molecule has 2 nitrogen and oxygen atoms in total. The number of benzene rings is 2. The second-order valence-electron chi connectivity index (χ2n) is 3.96. The first-order chi connectivity index (χ1) is 8.49. The molecule has 0 heterocycles. The van der Waals surface area contributed by atoms with Crippen LogP contribution in [-0.2, 0) is 0 Å². The highest BCUT2D eigenvalue weighted by molar-refractivity contribution is 5.90. The number of carboxylic acids is 1. The van der Waals surface area contributed by atoms with E-state index in [4.69, 9.17) is 5.11 Å². The Morgan fingerprint density at radius 1 is 1.06 bits per heavy atom. The van der Waals surface area contributed by atoms with E-state index in [0.29, 0.717) is 5.56 Å². The zero-order valence-corrected chi connectivity index (χ0v) is 9.58. The third kappa shape index (κ3) is 2.22. The zero-order chi connectivity index (χ0) is 13.3. The van der Waals surface area contributed by atoms with Crippen molar-refractivity contribution in [1.29, 1.82) is 0 Å². The van der Waals surface area contributed by atoms with E-state index in [1.54, 1.807) is 13.0 Å². The van der Waals surface area contributed by atoms with Crippen LogP contribution in [0.25, 0.3) is 11.1 Å². The van der Waals surface area contributed by atoms with Gasteiger partial charge in [-0.1, -0.05) is 6.07 Å². The quantitative estimate of drug-likeness (QED) is 0.880. The van der Waals surface area contributed by atoms with Gasteiger partial charge in [-0.05, 0) is 42.3 Å². The van der Waals surface area contributed by atoms with E-state index in [9.17, 15) is 13.6 Å². The number of aromatic carboxylic acids is 1. The van der Waals surface area contributed by atoms with Crippen LogP contribution < -0.4 is 0 Å². The van der Waals surface area contributed by atoms with Crippen molar-refractivity contribution in [2.45, 2.75) is 6.92 Å². The molecule has 18 heavy (non-hydrogen) atoms. The van der Waals surface area contributed by atoms with Gasteiger partial charge < -0.3 is 5.11 Å². The Bertz CT molecular complexity index is 621. The second-order valence-corrected chi connectivity index (χ2v) is 3.96. The molecule has 1 N–H and O–H groups in total. The molecule has 2 aromatic rings. The predicted octanol–water partition coefficient (Wildman–Crippen LogP) is 3.64. The molecular formula is C14H10F2O2. The van der Waals surface area contributed by atoms with E-state index in [1.165, 1.54) is 18.2 Å². The Morgan fingerprint density at radius 3 is 2.39 bits per heavy atom. The summed E-state index contributed by atoms with van der Waals surface area (Å²) < 4.78 is 26.5. The van der Waals surface area contributed by atoms with Crippen molar-refractivity contribution in [2.24, 2.45) is 0 Å². The molecule has 0 saturated heterocycles. The lowest BCUT2D eigenvalue weighted by Crippen LogP contribution is -1.98. The Morgan fingerprint density at radius 2 is 1.78 bits per heavy atom. The number of halogens is 2. The maximum atomic E-state index is 13.7. The molecular weight excluding hydrogens is 238 g/mol. The zero-order valence-electron chi connectivity index (χ0n) is 9.58. The van der Waals surface area contributed by atoms with E-state index in [0.717, 1.165) is 17.7 Å². The number of carboxylic acid groups (broad SMARTS) is 1. The highest BCUT2D eigenvalue weighted by Crippen LogP contribution is 2.27. The van der Waals surface area contributed by atoms with Crippen LogP contribution in [0.5, 0.6) is 0 Å². The van der Waals surface area contributed by atoms with Crippen LogP contribution in [0.4, 0.5) is 8.78 Å². The standard InChI is InChI=1S/C14H10F2O2/c1-8-2-3-9(14(17)18)6-12(8)11-5-4-10(15)7-13(11)16/h2-7H,1H3,(H,17,18). The summed E-state index contributed by atoms with van der Waals surface area (Å²) in [7, 11) is 0. The van der Waals surface area contributed by atoms with Gasteiger partial charge >= 0.3 is 5.97 Å². The fourth-order valence-electron chi connectivity index (χ4n) is 1.75. The fraction of sp³-hybridized carbons (Fsp3) is 0.0714. The van der Waals surface area contributed by atoms with E-state index in [2.05, 4.69) is 0 Å². The molecule has 0 atom stereocenters. The normalized spacial score (nSPS) is 10.4. The molecule has 0 bridgehead atoms. The number of rotatable bonds is 2. The van der Waals surface area contributed by atoms with Crippen LogP contribution in [0.3, 0.4) is 0 Å². The van der Waals surface area contributed by atoms with Crippen molar-refractivity contribution in [3.8, 4) is 11.1 Å². The Balaban J connectivity index is 2.62. The van der Waals surface area contributed by atoms with Crippen LogP contribution in [-0.4, -0.2) is 11.1 Å². The molecule has 0 aliphatic heterocycles. The minimum absolute atomic E-state index is 0.0688. The maximum absolute atomic E-state index is 13.7. The first-order valence-electron chi connectivity index (χ1n) is 5.28. The summed E-state index contributed by atoms with van der Waals surface area (Å²) in [6, 6.07) is 7.66. The van der Waals surface area contributed by atoms with Crippen LogP contribution in [0.2, 0.25) is 0 Å². The van der Waals surface area contributed by atoms with Crippen molar-refractivity contribution in [3.63, 3.8) is 0 Å². The van der Waals surface area contributed by atoms with Gasteiger partial charge in [0, 0.05) is 11.6 Å². The van der Waals surface area contributed by atoms with Gasteiger partial charge in [-0.3, -0.25) is 0 Å². The first-order valence-corrected chi connectivity index (χ1v) is 5.28. The molecule has 0 fully saturated rings. The van der Waals surface area contributed by atoms with Crippen molar-refractivity contribution in [1.82, 2.24) is 0 Å². The number of hydrogen-bond acceptors (Lipinski definition) is 1. The predicted molar refractivity (Wildman–Crippen MR) is 63.5 cm³/mol. The summed E-state index contributed by atoms with van der Waals surface area (Å²) in [5.41, 5.74) is 1.44. The van der Waals surface area contributed by atoms with E-state index in [-0.39, 0.29) is 11.1 Å². The van der Waals surface area contributed by atoms with Crippen LogP contribution >= 0.6 is 0 Å². The van der Waals surface area contributed by atoms with E-state index >= 15 is 0 Å². The number of aryl methyl sites for hydroxylation is 1. The molecule has 4 heteroatoms. The largest absolute Gasteiger partial charge is 0.478 e. The lowest BCUT2D eigenvalue weighted by Gasteiger charge is -2.08. The van der Waals surface area contributed by atoms with Gasteiger partial charge in [0.1, 0.15) is 11.6 Å². The molecule has 0 amide bonds. The smallest absolute Gasteiger partial charge is 0.335 e. The Labute approximate surface area is 103 Å². The minimum atomic E-state index is -1.08. The van der Waals surface area contributed by atoms with Crippen molar-refractivity contribution >= 4 is 5.97 Å². The van der Waals surface area contributed by atoms with Gasteiger partial charge in [-0.25, -0.2) is 13.6 Å². The van der Waals surface area contributed by atoms with Crippen molar-refractivity contribution in [2.75, 3.05) is 0 Å². The second kappa shape index (κ2) is 4.56. The van der Waals surface area contributed by atoms with Crippen LogP contribution in [0.15, 0.2) is 36.4 Å². The molecule has 2 aromatic carbocycles. The first kappa shape index (κ1) is 12.2.